The van der Waals surface area contributed by atoms with Crippen LogP contribution in [0, 0.1) is 12.7 Å². The summed E-state index contributed by atoms with van der Waals surface area (Å²) in [6, 6.07) is 9.58. The number of aryl methyl sites for hydroxylation is 1. The van der Waals surface area contributed by atoms with Gasteiger partial charge in [0.15, 0.2) is 5.65 Å². The molecule has 0 unspecified atom stereocenters. The number of nitrogens with zero attached hydrogens (tertiary/aromatic N) is 5. The van der Waals surface area contributed by atoms with Gasteiger partial charge in [-0.15, -0.1) is 0 Å². The van der Waals surface area contributed by atoms with Gasteiger partial charge in [0, 0.05) is 11.3 Å². The molecule has 0 aliphatic rings. The molecule has 0 saturated carbocycles. The number of hydrogen-bond acceptors (Lipinski definition) is 4. The first kappa shape index (κ1) is 17.1. The summed E-state index contributed by atoms with van der Waals surface area (Å²) in [7, 11) is 0. The molecule has 4 aromatic rings. The fourth-order valence-electron chi connectivity index (χ4n) is 2.70. The van der Waals surface area contributed by atoms with Crippen LogP contribution in [0.3, 0.4) is 0 Å². The summed E-state index contributed by atoms with van der Waals surface area (Å²) in [6.07, 6.45) is -4.65. The molecule has 0 aliphatic carbocycles. The van der Waals surface area contributed by atoms with E-state index in [2.05, 4.69) is 20.2 Å². The molecule has 4 rings (SSSR count). The molecule has 6 nitrogen and oxygen atoms in total. The molecule has 1 aromatic carbocycles. The fourth-order valence-corrected chi connectivity index (χ4v) is 2.70. The molecular weight excluding hydrogens is 364 g/mol. The molecule has 138 valence electrons. The van der Waals surface area contributed by atoms with Gasteiger partial charge in [-0.2, -0.15) is 23.4 Å². The third kappa shape index (κ3) is 3.14. The van der Waals surface area contributed by atoms with Crippen LogP contribution < -0.4 is 0 Å². The van der Waals surface area contributed by atoms with E-state index in [0.717, 1.165) is 0 Å². The predicted octanol–water partition coefficient (Wildman–Crippen LogP) is 3.73. The van der Waals surface area contributed by atoms with E-state index in [1.54, 1.807) is 37.3 Å². The minimum Gasteiger partial charge on any atom is -0.255 e. The molecule has 27 heavy (non-hydrogen) atoms. The second-order valence-electron chi connectivity index (χ2n) is 5.93. The van der Waals surface area contributed by atoms with Crippen LogP contribution in [0.1, 0.15) is 17.1 Å². The molecule has 10 heteroatoms. The molecule has 0 amide bonds. The summed E-state index contributed by atoms with van der Waals surface area (Å²) in [4.78, 5) is 7.89. The number of benzene rings is 1. The Balaban J connectivity index is 1.85. The molecule has 0 radical (unpaired) electrons. The minimum absolute atomic E-state index is 0.0657. The van der Waals surface area contributed by atoms with Crippen molar-refractivity contribution < 1.29 is 17.6 Å². The van der Waals surface area contributed by atoms with Crippen molar-refractivity contribution in [3.8, 4) is 11.5 Å². The van der Waals surface area contributed by atoms with E-state index in [0.29, 0.717) is 22.3 Å². The van der Waals surface area contributed by atoms with Crippen LogP contribution in [-0.4, -0.2) is 29.9 Å². The lowest BCUT2D eigenvalue weighted by molar-refractivity contribution is -0.144. The summed E-state index contributed by atoms with van der Waals surface area (Å²) in [5.74, 6) is -1.83. The number of fused-ring (bicyclic) bond motifs is 1. The van der Waals surface area contributed by atoms with Gasteiger partial charge in [0.25, 0.3) is 0 Å². The second kappa shape index (κ2) is 6.15. The van der Waals surface area contributed by atoms with Gasteiger partial charge in [0.05, 0.1) is 11.9 Å². The Morgan fingerprint density at radius 1 is 1.07 bits per heavy atom. The van der Waals surface area contributed by atoms with Crippen LogP contribution in [0.4, 0.5) is 17.6 Å². The molecule has 1 N–H and O–H groups in total. The predicted molar refractivity (Wildman–Crippen MR) is 88.1 cm³/mol. The smallest absolute Gasteiger partial charge is 0.255 e. The van der Waals surface area contributed by atoms with Crippen molar-refractivity contribution in [1.29, 1.82) is 0 Å². The Bertz CT molecular complexity index is 1130. The Morgan fingerprint density at radius 3 is 2.56 bits per heavy atom. The van der Waals surface area contributed by atoms with Crippen LogP contribution in [0.15, 0.2) is 36.4 Å². The van der Waals surface area contributed by atoms with Crippen LogP contribution in [0.5, 0.6) is 0 Å². The van der Waals surface area contributed by atoms with Gasteiger partial charge in [-0.25, -0.2) is 19.0 Å². The standard InChI is InChI=1S/C17H12F4N6/c1-9-6-7-11-13(14-23-16(25-24-14)17(19,20)21)26-27(15(11)22-9)8-10-4-2-3-5-12(10)18/h2-7H,8H2,1H3,(H,23,24,25). The third-order valence-electron chi connectivity index (χ3n) is 3.98. The molecule has 0 fully saturated rings. The average Bonchev–Trinajstić information content (AvgIpc) is 3.22. The van der Waals surface area contributed by atoms with Gasteiger partial charge in [-0.1, -0.05) is 18.2 Å². The summed E-state index contributed by atoms with van der Waals surface area (Å²) in [5, 5.41) is 10.3. The highest BCUT2D eigenvalue weighted by Gasteiger charge is 2.36. The Labute approximate surface area is 149 Å². The lowest BCUT2D eigenvalue weighted by atomic mass is 10.2. The number of rotatable bonds is 3. The number of aromatic nitrogens is 6. The maximum Gasteiger partial charge on any atom is 0.451 e. The number of alkyl halides is 3. The van der Waals surface area contributed by atoms with Crippen LogP contribution in [0.2, 0.25) is 0 Å². The minimum atomic E-state index is -4.65. The molecule has 0 atom stereocenters. The molecule has 0 aliphatic heterocycles. The normalized spacial score (nSPS) is 12.0. The number of pyridine rings is 1. The van der Waals surface area contributed by atoms with E-state index >= 15 is 0 Å². The average molecular weight is 376 g/mol. The zero-order valence-corrected chi connectivity index (χ0v) is 13.9. The second-order valence-corrected chi connectivity index (χ2v) is 5.93. The Hall–Kier alpha value is -3.30. The topological polar surface area (TPSA) is 72.3 Å². The van der Waals surface area contributed by atoms with Crippen molar-refractivity contribution in [3.63, 3.8) is 0 Å². The van der Waals surface area contributed by atoms with E-state index in [1.165, 1.54) is 10.7 Å². The summed E-state index contributed by atoms with van der Waals surface area (Å²) in [6.45, 7) is 1.84. The first-order valence-corrected chi connectivity index (χ1v) is 7.90. The highest BCUT2D eigenvalue weighted by Crippen LogP contribution is 2.30. The van der Waals surface area contributed by atoms with Gasteiger partial charge in [-0.05, 0) is 25.1 Å². The Kier molecular flexibility index (Phi) is 3.90. The highest BCUT2D eigenvalue weighted by molar-refractivity contribution is 5.89. The third-order valence-corrected chi connectivity index (χ3v) is 3.98. The number of aromatic amines is 1. The largest absolute Gasteiger partial charge is 0.451 e. The van der Waals surface area contributed by atoms with E-state index < -0.39 is 17.8 Å². The number of nitrogens with one attached hydrogen (secondary N) is 1. The Morgan fingerprint density at radius 2 is 1.85 bits per heavy atom. The van der Waals surface area contributed by atoms with Crippen LogP contribution >= 0.6 is 0 Å². The maximum absolute atomic E-state index is 14.0. The number of hydrogen-bond donors (Lipinski definition) is 1. The number of H-pyrrole nitrogens is 1. The summed E-state index contributed by atoms with van der Waals surface area (Å²) < 4.78 is 53.9. The SMILES string of the molecule is Cc1ccc2c(-c3n[nH]c(C(F)(F)F)n3)nn(Cc3ccccc3F)c2n1. The van der Waals surface area contributed by atoms with Gasteiger partial charge < -0.3 is 0 Å². The first-order valence-electron chi connectivity index (χ1n) is 7.90. The van der Waals surface area contributed by atoms with Crippen molar-refractivity contribution in [1.82, 2.24) is 29.9 Å². The lowest BCUT2D eigenvalue weighted by Crippen LogP contribution is -2.07. The van der Waals surface area contributed by atoms with Gasteiger partial charge >= 0.3 is 6.18 Å². The zero-order valence-electron chi connectivity index (χ0n) is 13.9. The van der Waals surface area contributed by atoms with Crippen molar-refractivity contribution in [3.05, 3.63) is 59.3 Å². The first-order chi connectivity index (χ1) is 12.8. The van der Waals surface area contributed by atoms with E-state index in [9.17, 15) is 17.6 Å². The quantitative estimate of drug-likeness (QED) is 0.553. The summed E-state index contributed by atoms with van der Waals surface area (Å²) in [5.41, 5.74) is 1.62. The molecule has 0 bridgehead atoms. The van der Waals surface area contributed by atoms with Gasteiger partial charge in [0.1, 0.15) is 11.5 Å². The van der Waals surface area contributed by atoms with E-state index in [1.807, 2.05) is 5.10 Å². The van der Waals surface area contributed by atoms with Gasteiger partial charge in [0.2, 0.25) is 11.6 Å². The zero-order chi connectivity index (χ0) is 19.2. The lowest BCUT2D eigenvalue weighted by Gasteiger charge is -2.04. The van der Waals surface area contributed by atoms with Crippen molar-refractivity contribution >= 4 is 11.0 Å². The number of halogens is 4. The van der Waals surface area contributed by atoms with Crippen molar-refractivity contribution in [2.24, 2.45) is 0 Å². The highest BCUT2D eigenvalue weighted by atomic mass is 19.4. The van der Waals surface area contributed by atoms with Crippen LogP contribution in [0.25, 0.3) is 22.6 Å². The molecular formula is C17H12F4N6. The van der Waals surface area contributed by atoms with Crippen molar-refractivity contribution in [2.75, 3.05) is 0 Å². The molecule has 3 aromatic heterocycles. The fraction of sp³-hybridized carbons (Fsp3) is 0.176. The maximum atomic E-state index is 14.0. The summed E-state index contributed by atoms with van der Waals surface area (Å²) >= 11 is 0. The molecule has 3 heterocycles. The van der Waals surface area contributed by atoms with E-state index in [-0.39, 0.29) is 18.1 Å². The van der Waals surface area contributed by atoms with E-state index in [4.69, 9.17) is 0 Å². The molecule has 0 spiro atoms. The monoisotopic (exact) mass is 376 g/mol. The van der Waals surface area contributed by atoms with Gasteiger partial charge in [-0.3, -0.25) is 5.10 Å². The van der Waals surface area contributed by atoms with Crippen LogP contribution in [-0.2, 0) is 12.7 Å². The van der Waals surface area contributed by atoms with Crippen molar-refractivity contribution in [2.45, 2.75) is 19.6 Å². The molecule has 0 saturated heterocycles.